The normalized spacial score (nSPS) is 12.5. The number of rotatable bonds is 4. The lowest BCUT2D eigenvalue weighted by molar-refractivity contribution is 0.587. The van der Waals surface area contributed by atoms with Crippen molar-refractivity contribution in [2.75, 3.05) is 7.05 Å². The average Bonchev–Trinajstić information content (AvgIpc) is 2.15. The van der Waals surface area contributed by atoms with Gasteiger partial charge in [-0.25, -0.2) is 0 Å². The first-order valence-corrected chi connectivity index (χ1v) is 5.50. The molecule has 76 valence electrons. The standard InChI is InChI=1S/C12H16BrN/c1-9(2)8-12(14-3)10-6-4-5-7-11(10)13/h4-7,12,14H,1,8H2,2-3H3. The van der Waals surface area contributed by atoms with Gasteiger partial charge in [0.25, 0.3) is 0 Å². The molecule has 0 aliphatic rings. The smallest absolute Gasteiger partial charge is 0.0366 e. The Morgan fingerprint density at radius 3 is 2.64 bits per heavy atom. The lowest BCUT2D eigenvalue weighted by atomic mass is 10.0. The van der Waals surface area contributed by atoms with Gasteiger partial charge in [-0.15, -0.1) is 6.58 Å². The number of hydrogen-bond donors (Lipinski definition) is 1. The zero-order valence-corrected chi connectivity index (χ0v) is 10.3. The van der Waals surface area contributed by atoms with E-state index in [1.807, 2.05) is 13.1 Å². The number of benzene rings is 1. The minimum absolute atomic E-state index is 0.350. The van der Waals surface area contributed by atoms with Gasteiger partial charge in [0.2, 0.25) is 0 Å². The van der Waals surface area contributed by atoms with E-state index in [1.165, 1.54) is 11.1 Å². The van der Waals surface area contributed by atoms with Crippen molar-refractivity contribution in [1.29, 1.82) is 0 Å². The highest BCUT2D eigenvalue weighted by Gasteiger charge is 2.11. The van der Waals surface area contributed by atoms with Crippen LogP contribution in [0.25, 0.3) is 0 Å². The van der Waals surface area contributed by atoms with E-state index in [0.717, 1.165) is 10.9 Å². The molecular weight excluding hydrogens is 238 g/mol. The van der Waals surface area contributed by atoms with Gasteiger partial charge in [-0.2, -0.15) is 0 Å². The largest absolute Gasteiger partial charge is 0.313 e. The Balaban J connectivity index is 2.89. The molecule has 0 fully saturated rings. The Labute approximate surface area is 94.3 Å². The Morgan fingerprint density at radius 1 is 1.50 bits per heavy atom. The molecule has 1 aromatic carbocycles. The molecule has 1 atom stereocenters. The fraction of sp³-hybridized carbons (Fsp3) is 0.333. The summed E-state index contributed by atoms with van der Waals surface area (Å²) < 4.78 is 1.15. The molecule has 0 radical (unpaired) electrons. The molecule has 0 heterocycles. The van der Waals surface area contributed by atoms with Crippen molar-refractivity contribution in [3.63, 3.8) is 0 Å². The van der Waals surface area contributed by atoms with Crippen LogP contribution in [-0.2, 0) is 0 Å². The summed E-state index contributed by atoms with van der Waals surface area (Å²) in [4.78, 5) is 0. The van der Waals surface area contributed by atoms with Crippen molar-refractivity contribution in [1.82, 2.24) is 5.32 Å². The molecule has 0 aliphatic carbocycles. The molecule has 0 saturated heterocycles. The maximum atomic E-state index is 3.94. The van der Waals surface area contributed by atoms with E-state index < -0.39 is 0 Å². The summed E-state index contributed by atoms with van der Waals surface area (Å²) in [5.74, 6) is 0. The fourth-order valence-corrected chi connectivity index (χ4v) is 2.03. The van der Waals surface area contributed by atoms with E-state index in [2.05, 4.69) is 52.9 Å². The van der Waals surface area contributed by atoms with Crippen LogP contribution in [0.1, 0.15) is 24.9 Å². The molecule has 2 heteroatoms. The molecule has 1 rings (SSSR count). The monoisotopic (exact) mass is 253 g/mol. The Bertz CT molecular complexity index is 320. The maximum absolute atomic E-state index is 3.94. The molecule has 1 nitrogen and oxygen atoms in total. The van der Waals surface area contributed by atoms with Crippen LogP contribution >= 0.6 is 15.9 Å². The zero-order chi connectivity index (χ0) is 10.6. The Hall–Kier alpha value is -0.600. The fourth-order valence-electron chi connectivity index (χ4n) is 1.47. The van der Waals surface area contributed by atoms with Gasteiger partial charge in [0, 0.05) is 10.5 Å². The van der Waals surface area contributed by atoms with Gasteiger partial charge >= 0.3 is 0 Å². The molecule has 14 heavy (non-hydrogen) atoms. The summed E-state index contributed by atoms with van der Waals surface area (Å²) in [6.45, 7) is 6.00. The van der Waals surface area contributed by atoms with Gasteiger partial charge in [-0.3, -0.25) is 0 Å². The molecule has 0 amide bonds. The predicted octanol–water partition coefficient (Wildman–Crippen LogP) is 3.68. The highest BCUT2D eigenvalue weighted by atomic mass is 79.9. The van der Waals surface area contributed by atoms with Gasteiger partial charge < -0.3 is 5.32 Å². The topological polar surface area (TPSA) is 12.0 Å². The van der Waals surface area contributed by atoms with Crippen LogP contribution < -0.4 is 5.32 Å². The van der Waals surface area contributed by atoms with Crippen LogP contribution in [0.2, 0.25) is 0 Å². The van der Waals surface area contributed by atoms with Crippen molar-refractivity contribution >= 4 is 15.9 Å². The van der Waals surface area contributed by atoms with E-state index in [4.69, 9.17) is 0 Å². The first kappa shape index (κ1) is 11.5. The molecular formula is C12H16BrN. The first-order chi connectivity index (χ1) is 6.65. The lowest BCUT2D eigenvalue weighted by Gasteiger charge is -2.17. The average molecular weight is 254 g/mol. The Morgan fingerprint density at radius 2 is 2.14 bits per heavy atom. The predicted molar refractivity (Wildman–Crippen MR) is 65.4 cm³/mol. The van der Waals surface area contributed by atoms with Crippen molar-refractivity contribution < 1.29 is 0 Å². The van der Waals surface area contributed by atoms with Crippen LogP contribution in [0, 0.1) is 0 Å². The molecule has 1 N–H and O–H groups in total. The van der Waals surface area contributed by atoms with Crippen molar-refractivity contribution in [3.05, 3.63) is 46.5 Å². The van der Waals surface area contributed by atoms with Crippen molar-refractivity contribution in [3.8, 4) is 0 Å². The third-order valence-corrected chi connectivity index (χ3v) is 2.90. The van der Waals surface area contributed by atoms with E-state index in [9.17, 15) is 0 Å². The minimum atomic E-state index is 0.350. The quantitative estimate of drug-likeness (QED) is 0.808. The second-order valence-electron chi connectivity index (χ2n) is 3.52. The van der Waals surface area contributed by atoms with Crippen molar-refractivity contribution in [2.45, 2.75) is 19.4 Å². The molecule has 0 aromatic heterocycles. The van der Waals surface area contributed by atoms with Gasteiger partial charge in [-0.1, -0.05) is 39.7 Å². The SMILES string of the molecule is C=C(C)CC(NC)c1ccccc1Br. The zero-order valence-electron chi connectivity index (χ0n) is 8.68. The molecule has 0 aliphatic heterocycles. The van der Waals surface area contributed by atoms with E-state index in [1.54, 1.807) is 0 Å². The van der Waals surface area contributed by atoms with Crippen LogP contribution in [0.3, 0.4) is 0 Å². The molecule has 1 aromatic rings. The number of halogens is 1. The summed E-state index contributed by atoms with van der Waals surface area (Å²) >= 11 is 3.56. The van der Waals surface area contributed by atoms with Crippen LogP contribution in [0.4, 0.5) is 0 Å². The minimum Gasteiger partial charge on any atom is -0.313 e. The van der Waals surface area contributed by atoms with Gasteiger partial charge in [0.1, 0.15) is 0 Å². The first-order valence-electron chi connectivity index (χ1n) is 4.71. The molecule has 0 bridgehead atoms. The summed E-state index contributed by atoms with van der Waals surface area (Å²) in [6, 6.07) is 8.64. The van der Waals surface area contributed by atoms with Gasteiger partial charge in [0.05, 0.1) is 0 Å². The Kier molecular flexibility index (Phi) is 4.36. The molecule has 1 unspecified atom stereocenters. The number of nitrogens with one attached hydrogen (secondary N) is 1. The molecule has 0 saturated carbocycles. The third-order valence-electron chi connectivity index (χ3n) is 2.18. The second kappa shape index (κ2) is 5.32. The molecule has 0 spiro atoms. The van der Waals surface area contributed by atoms with Gasteiger partial charge in [0.15, 0.2) is 0 Å². The summed E-state index contributed by atoms with van der Waals surface area (Å²) in [7, 11) is 1.98. The van der Waals surface area contributed by atoms with Crippen LogP contribution in [-0.4, -0.2) is 7.05 Å². The highest BCUT2D eigenvalue weighted by Crippen LogP contribution is 2.26. The van der Waals surface area contributed by atoms with Crippen LogP contribution in [0.15, 0.2) is 40.9 Å². The maximum Gasteiger partial charge on any atom is 0.0366 e. The third kappa shape index (κ3) is 2.96. The van der Waals surface area contributed by atoms with E-state index in [0.29, 0.717) is 6.04 Å². The summed E-state index contributed by atoms with van der Waals surface area (Å²) in [5, 5.41) is 3.30. The van der Waals surface area contributed by atoms with Crippen LogP contribution in [0.5, 0.6) is 0 Å². The van der Waals surface area contributed by atoms with Gasteiger partial charge in [-0.05, 0) is 32.0 Å². The second-order valence-corrected chi connectivity index (χ2v) is 4.38. The lowest BCUT2D eigenvalue weighted by Crippen LogP contribution is -2.16. The summed E-state index contributed by atoms with van der Waals surface area (Å²) in [6.07, 6.45) is 0.971. The van der Waals surface area contributed by atoms with E-state index >= 15 is 0 Å². The van der Waals surface area contributed by atoms with Crippen molar-refractivity contribution in [2.24, 2.45) is 0 Å². The summed E-state index contributed by atoms with van der Waals surface area (Å²) in [5.41, 5.74) is 2.48. The van der Waals surface area contributed by atoms with E-state index in [-0.39, 0.29) is 0 Å². The highest BCUT2D eigenvalue weighted by molar-refractivity contribution is 9.10. The number of hydrogen-bond acceptors (Lipinski definition) is 1.